The van der Waals surface area contributed by atoms with Crippen molar-refractivity contribution in [2.24, 2.45) is 0 Å². The molecule has 1 rings (SSSR count). The van der Waals surface area contributed by atoms with Crippen LogP contribution in [0, 0.1) is 0 Å². The third kappa shape index (κ3) is 2.07. The molecule has 0 unspecified atom stereocenters. The highest BCUT2D eigenvalue weighted by atomic mass is 19.1. The highest BCUT2D eigenvalue weighted by Gasteiger charge is 2.40. The Hall–Kier alpha value is -0.790. The summed E-state index contributed by atoms with van der Waals surface area (Å²) < 4.78 is 18.0. The van der Waals surface area contributed by atoms with Crippen LogP contribution in [0.1, 0.15) is 26.7 Å². The van der Waals surface area contributed by atoms with E-state index in [0.717, 1.165) is 12.8 Å². The van der Waals surface area contributed by atoms with Crippen LogP contribution in [0.5, 0.6) is 0 Å². The van der Waals surface area contributed by atoms with Crippen LogP contribution in [-0.2, 0) is 4.74 Å². The van der Waals surface area contributed by atoms with Crippen LogP contribution in [0.4, 0.5) is 4.39 Å². The quantitative estimate of drug-likeness (QED) is 0.451. The van der Waals surface area contributed by atoms with E-state index in [2.05, 4.69) is 6.58 Å². The molecule has 0 spiro atoms. The molecule has 0 N–H and O–H groups in total. The lowest BCUT2D eigenvalue weighted by atomic mass is 10.3. The molecule has 0 aromatic heterocycles. The molecule has 0 bridgehead atoms. The fourth-order valence-electron chi connectivity index (χ4n) is 0.796. The van der Waals surface area contributed by atoms with Crippen molar-refractivity contribution in [2.45, 2.75) is 32.3 Å². The summed E-state index contributed by atoms with van der Waals surface area (Å²) in [7, 11) is 0. The molecule has 1 aliphatic carbocycles. The predicted octanol–water partition coefficient (Wildman–Crippen LogP) is 2.94. The first-order valence-electron chi connectivity index (χ1n) is 3.75. The van der Waals surface area contributed by atoms with Crippen molar-refractivity contribution in [2.75, 3.05) is 0 Å². The van der Waals surface area contributed by atoms with Crippen LogP contribution in [0.25, 0.3) is 0 Å². The minimum atomic E-state index is -0.298. The zero-order valence-corrected chi connectivity index (χ0v) is 6.98. The van der Waals surface area contributed by atoms with E-state index < -0.39 is 0 Å². The number of hydrogen-bond acceptors (Lipinski definition) is 1. The van der Waals surface area contributed by atoms with Gasteiger partial charge in [-0.1, -0.05) is 6.58 Å². The molecule has 1 saturated carbocycles. The van der Waals surface area contributed by atoms with Gasteiger partial charge in [0.05, 0.1) is 0 Å². The van der Waals surface area contributed by atoms with Crippen LogP contribution >= 0.6 is 0 Å². The lowest BCUT2D eigenvalue weighted by molar-refractivity contribution is 0.113. The van der Waals surface area contributed by atoms with E-state index in [-0.39, 0.29) is 17.2 Å². The summed E-state index contributed by atoms with van der Waals surface area (Å²) in [6.45, 7) is 6.82. The maximum atomic E-state index is 12.6. The van der Waals surface area contributed by atoms with E-state index in [4.69, 9.17) is 4.74 Å². The SMILES string of the molecule is C=C/C(OC1(C)CC1)=C(\C)F. The Kier molecular flexibility index (Phi) is 2.03. The first-order valence-corrected chi connectivity index (χ1v) is 3.75. The Balaban J connectivity index is 2.58. The lowest BCUT2D eigenvalue weighted by Gasteiger charge is -2.12. The first-order chi connectivity index (χ1) is 5.07. The number of allylic oxidation sites excluding steroid dienone is 2. The van der Waals surface area contributed by atoms with Crippen LogP contribution < -0.4 is 0 Å². The third-order valence-corrected chi connectivity index (χ3v) is 1.84. The van der Waals surface area contributed by atoms with Crippen LogP contribution in [0.3, 0.4) is 0 Å². The number of ether oxygens (including phenoxy) is 1. The molecule has 11 heavy (non-hydrogen) atoms. The summed E-state index contributed by atoms with van der Waals surface area (Å²) >= 11 is 0. The largest absolute Gasteiger partial charge is 0.485 e. The van der Waals surface area contributed by atoms with Gasteiger partial charge in [0.2, 0.25) is 0 Å². The summed E-state index contributed by atoms with van der Waals surface area (Å²) in [6.07, 6.45) is 3.44. The van der Waals surface area contributed by atoms with Gasteiger partial charge in [-0.25, -0.2) is 4.39 Å². The smallest absolute Gasteiger partial charge is 0.150 e. The Morgan fingerprint density at radius 2 is 2.18 bits per heavy atom. The van der Waals surface area contributed by atoms with Crippen molar-refractivity contribution in [3.8, 4) is 0 Å². The monoisotopic (exact) mass is 156 g/mol. The molecule has 0 radical (unpaired) electrons. The highest BCUT2D eigenvalue weighted by molar-refractivity contribution is 5.14. The minimum Gasteiger partial charge on any atom is -0.485 e. The van der Waals surface area contributed by atoms with Crippen molar-refractivity contribution in [1.29, 1.82) is 0 Å². The van der Waals surface area contributed by atoms with E-state index in [1.165, 1.54) is 13.0 Å². The van der Waals surface area contributed by atoms with Gasteiger partial charge in [-0.15, -0.1) is 0 Å². The second-order valence-electron chi connectivity index (χ2n) is 3.15. The van der Waals surface area contributed by atoms with Crippen LogP contribution in [0.15, 0.2) is 24.2 Å². The van der Waals surface area contributed by atoms with Crippen molar-refractivity contribution >= 4 is 0 Å². The maximum absolute atomic E-state index is 12.6. The molecule has 2 heteroatoms. The second-order valence-corrected chi connectivity index (χ2v) is 3.15. The normalized spacial score (nSPS) is 22.1. The molecule has 62 valence electrons. The lowest BCUT2D eigenvalue weighted by Crippen LogP contribution is -2.07. The van der Waals surface area contributed by atoms with E-state index in [9.17, 15) is 4.39 Å². The Morgan fingerprint density at radius 3 is 2.45 bits per heavy atom. The average molecular weight is 156 g/mol. The van der Waals surface area contributed by atoms with Gasteiger partial charge in [-0.3, -0.25) is 0 Å². The van der Waals surface area contributed by atoms with Gasteiger partial charge in [0.1, 0.15) is 11.4 Å². The summed E-state index contributed by atoms with van der Waals surface area (Å²) in [6, 6.07) is 0. The second kappa shape index (κ2) is 2.68. The molecule has 1 nitrogen and oxygen atoms in total. The zero-order valence-electron chi connectivity index (χ0n) is 6.98. The number of hydrogen-bond donors (Lipinski definition) is 0. The summed E-state index contributed by atoms with van der Waals surface area (Å²) in [5.41, 5.74) is -0.114. The Morgan fingerprint density at radius 1 is 1.64 bits per heavy atom. The average Bonchev–Trinajstić information content (AvgIpc) is 2.64. The molecule has 0 aromatic rings. The van der Waals surface area contributed by atoms with Gasteiger partial charge in [-0.2, -0.15) is 0 Å². The van der Waals surface area contributed by atoms with Crippen molar-refractivity contribution in [3.63, 3.8) is 0 Å². The first kappa shape index (κ1) is 8.31. The van der Waals surface area contributed by atoms with Gasteiger partial charge in [0.15, 0.2) is 5.76 Å². The van der Waals surface area contributed by atoms with Crippen molar-refractivity contribution < 1.29 is 9.13 Å². The Labute approximate surface area is 66.6 Å². The van der Waals surface area contributed by atoms with Crippen LogP contribution in [-0.4, -0.2) is 5.60 Å². The molecule has 0 saturated heterocycles. The van der Waals surface area contributed by atoms with Gasteiger partial charge < -0.3 is 4.74 Å². The fourth-order valence-corrected chi connectivity index (χ4v) is 0.796. The summed E-state index contributed by atoms with van der Waals surface area (Å²) in [4.78, 5) is 0. The summed E-state index contributed by atoms with van der Waals surface area (Å²) in [5.74, 6) is -0.0156. The van der Waals surface area contributed by atoms with Gasteiger partial charge in [0, 0.05) is 0 Å². The predicted molar refractivity (Wildman–Crippen MR) is 42.7 cm³/mol. The Bertz CT molecular complexity index is 198. The van der Waals surface area contributed by atoms with Crippen molar-refractivity contribution in [1.82, 2.24) is 0 Å². The molecule has 1 aliphatic rings. The third-order valence-electron chi connectivity index (χ3n) is 1.84. The minimum absolute atomic E-state index is 0.114. The van der Waals surface area contributed by atoms with Gasteiger partial charge >= 0.3 is 0 Å². The zero-order chi connectivity index (χ0) is 8.48. The molecule has 0 aromatic carbocycles. The van der Waals surface area contributed by atoms with E-state index in [1.807, 2.05) is 6.92 Å². The molecular formula is C9H13FO. The fraction of sp³-hybridized carbons (Fsp3) is 0.556. The molecule has 0 aliphatic heterocycles. The topological polar surface area (TPSA) is 9.23 Å². The van der Waals surface area contributed by atoms with Gasteiger partial charge in [0.25, 0.3) is 0 Å². The molecule has 0 heterocycles. The number of rotatable bonds is 3. The standard InChI is InChI=1S/C9H13FO/c1-4-8(7(2)10)11-9(3)5-6-9/h4H,1,5-6H2,2-3H3/b8-7-. The summed E-state index contributed by atoms with van der Waals surface area (Å²) in [5, 5.41) is 0. The van der Waals surface area contributed by atoms with Crippen molar-refractivity contribution in [3.05, 3.63) is 24.2 Å². The molecule has 0 atom stereocenters. The van der Waals surface area contributed by atoms with Crippen LogP contribution in [0.2, 0.25) is 0 Å². The molecular weight excluding hydrogens is 143 g/mol. The highest BCUT2D eigenvalue weighted by Crippen LogP contribution is 2.41. The number of halogens is 1. The van der Waals surface area contributed by atoms with E-state index in [1.54, 1.807) is 0 Å². The molecule has 1 fully saturated rings. The van der Waals surface area contributed by atoms with E-state index in [0.29, 0.717) is 0 Å². The maximum Gasteiger partial charge on any atom is 0.150 e. The van der Waals surface area contributed by atoms with E-state index >= 15 is 0 Å². The van der Waals surface area contributed by atoms with Gasteiger partial charge in [-0.05, 0) is 32.8 Å². The molecule has 0 amide bonds.